The zero-order chi connectivity index (χ0) is 15.2. The number of carbonyl (C=O) groups excluding carboxylic acids is 2. The number of carbonyl (C=O) groups is 2. The quantitative estimate of drug-likeness (QED) is 0.402. The van der Waals surface area contributed by atoms with Gasteiger partial charge in [-0.2, -0.15) is 0 Å². The van der Waals surface area contributed by atoms with E-state index < -0.39 is 0 Å². The normalized spacial score (nSPS) is 10.6. The molecule has 0 fully saturated rings. The van der Waals surface area contributed by atoms with Crippen molar-refractivity contribution >= 4 is 11.9 Å². The number of hydrogen-bond donors (Lipinski definition) is 0. The molecule has 0 heterocycles. The molecule has 4 nitrogen and oxygen atoms in total. The number of hydrogen-bond acceptors (Lipinski definition) is 4. The van der Waals surface area contributed by atoms with E-state index in [1.54, 1.807) is 0 Å². The summed E-state index contributed by atoms with van der Waals surface area (Å²) in [5.41, 5.74) is 0. The Hall–Kier alpha value is -1.06. The topological polar surface area (TPSA) is 52.6 Å². The molecular formula is C16H30O4. The van der Waals surface area contributed by atoms with E-state index in [0.29, 0.717) is 25.9 Å². The monoisotopic (exact) mass is 286 g/mol. The van der Waals surface area contributed by atoms with Gasteiger partial charge in [-0.15, -0.1) is 0 Å². The van der Waals surface area contributed by atoms with Gasteiger partial charge in [-0.25, -0.2) is 0 Å². The van der Waals surface area contributed by atoms with Crippen molar-refractivity contribution in [3.63, 3.8) is 0 Å². The largest absolute Gasteiger partial charge is 0.466 e. The number of rotatable bonds is 12. The minimum Gasteiger partial charge on any atom is -0.466 e. The molecule has 0 radical (unpaired) electrons. The molecule has 0 bridgehead atoms. The Morgan fingerprint density at radius 1 is 0.850 bits per heavy atom. The zero-order valence-electron chi connectivity index (χ0n) is 13.3. The standard InChI is InChI=1S/C16H30O4/c1-4-7-13-19-15(17)11-8-12-16(18)20-14(9-5-2)10-6-3/h14H,4-13H2,1-3H3. The van der Waals surface area contributed by atoms with Crippen LogP contribution in [0.1, 0.15) is 78.6 Å². The maximum atomic E-state index is 11.7. The average Bonchev–Trinajstić information content (AvgIpc) is 2.39. The summed E-state index contributed by atoms with van der Waals surface area (Å²) in [5, 5.41) is 0. The van der Waals surface area contributed by atoms with Crippen molar-refractivity contribution in [1.82, 2.24) is 0 Å². The summed E-state index contributed by atoms with van der Waals surface area (Å²) in [4.78, 5) is 23.0. The van der Waals surface area contributed by atoms with Crippen LogP contribution in [0.5, 0.6) is 0 Å². The third kappa shape index (κ3) is 10.8. The van der Waals surface area contributed by atoms with Gasteiger partial charge in [-0.05, 0) is 25.7 Å². The lowest BCUT2D eigenvalue weighted by Gasteiger charge is -2.16. The third-order valence-electron chi connectivity index (χ3n) is 3.04. The predicted octanol–water partition coefficient (Wildman–Crippen LogP) is 4.01. The molecule has 0 rings (SSSR count). The predicted molar refractivity (Wildman–Crippen MR) is 79.4 cm³/mol. The zero-order valence-corrected chi connectivity index (χ0v) is 13.3. The fourth-order valence-corrected chi connectivity index (χ4v) is 1.93. The van der Waals surface area contributed by atoms with Crippen LogP contribution in [-0.4, -0.2) is 24.6 Å². The molecule has 0 aliphatic heterocycles. The Labute approximate surface area is 123 Å². The van der Waals surface area contributed by atoms with Gasteiger partial charge in [0, 0.05) is 12.8 Å². The first-order valence-corrected chi connectivity index (χ1v) is 7.99. The molecule has 20 heavy (non-hydrogen) atoms. The highest BCUT2D eigenvalue weighted by molar-refractivity contribution is 5.72. The van der Waals surface area contributed by atoms with Crippen molar-refractivity contribution in [1.29, 1.82) is 0 Å². The highest BCUT2D eigenvalue weighted by Gasteiger charge is 2.13. The van der Waals surface area contributed by atoms with Crippen LogP contribution in [0.2, 0.25) is 0 Å². The number of esters is 2. The second kappa shape index (κ2) is 12.9. The lowest BCUT2D eigenvalue weighted by molar-refractivity contribution is -0.150. The van der Waals surface area contributed by atoms with Crippen LogP contribution >= 0.6 is 0 Å². The van der Waals surface area contributed by atoms with Crippen molar-refractivity contribution in [3.05, 3.63) is 0 Å². The molecule has 0 aromatic heterocycles. The maximum Gasteiger partial charge on any atom is 0.306 e. The van der Waals surface area contributed by atoms with Crippen LogP contribution in [0.4, 0.5) is 0 Å². The summed E-state index contributed by atoms with van der Waals surface area (Å²) in [7, 11) is 0. The van der Waals surface area contributed by atoms with Crippen LogP contribution < -0.4 is 0 Å². The highest BCUT2D eigenvalue weighted by Crippen LogP contribution is 2.11. The molecule has 118 valence electrons. The summed E-state index contributed by atoms with van der Waals surface area (Å²) >= 11 is 0. The van der Waals surface area contributed by atoms with Gasteiger partial charge >= 0.3 is 11.9 Å². The van der Waals surface area contributed by atoms with Gasteiger partial charge in [-0.1, -0.05) is 40.0 Å². The summed E-state index contributed by atoms with van der Waals surface area (Å²) in [6.07, 6.45) is 6.90. The lowest BCUT2D eigenvalue weighted by atomic mass is 10.1. The molecule has 0 aliphatic rings. The molecule has 0 amide bonds. The Balaban J connectivity index is 3.72. The van der Waals surface area contributed by atoms with Gasteiger partial charge in [0.25, 0.3) is 0 Å². The fraction of sp³-hybridized carbons (Fsp3) is 0.875. The van der Waals surface area contributed by atoms with Crippen LogP contribution in [0.3, 0.4) is 0 Å². The Bertz CT molecular complexity index is 257. The summed E-state index contributed by atoms with van der Waals surface area (Å²) in [6.45, 7) is 6.70. The Morgan fingerprint density at radius 2 is 1.45 bits per heavy atom. The Kier molecular flexibility index (Phi) is 12.3. The van der Waals surface area contributed by atoms with Gasteiger partial charge in [0.2, 0.25) is 0 Å². The molecule has 0 N–H and O–H groups in total. The molecule has 4 heteroatoms. The van der Waals surface area contributed by atoms with E-state index in [2.05, 4.69) is 13.8 Å². The number of ether oxygens (including phenoxy) is 2. The van der Waals surface area contributed by atoms with E-state index in [1.807, 2.05) is 6.92 Å². The maximum absolute atomic E-state index is 11.7. The smallest absolute Gasteiger partial charge is 0.306 e. The molecule has 0 saturated heterocycles. The van der Waals surface area contributed by atoms with E-state index in [9.17, 15) is 9.59 Å². The van der Waals surface area contributed by atoms with E-state index in [1.165, 1.54) is 0 Å². The molecular weight excluding hydrogens is 256 g/mol. The van der Waals surface area contributed by atoms with Gasteiger partial charge < -0.3 is 9.47 Å². The second-order valence-corrected chi connectivity index (χ2v) is 5.12. The van der Waals surface area contributed by atoms with Gasteiger partial charge in [0.1, 0.15) is 6.10 Å². The first-order valence-electron chi connectivity index (χ1n) is 7.99. The molecule has 0 spiro atoms. The second-order valence-electron chi connectivity index (χ2n) is 5.12. The van der Waals surface area contributed by atoms with Crippen LogP contribution in [-0.2, 0) is 19.1 Å². The van der Waals surface area contributed by atoms with Crippen molar-refractivity contribution in [3.8, 4) is 0 Å². The minimum atomic E-state index is -0.218. The van der Waals surface area contributed by atoms with Crippen LogP contribution in [0, 0.1) is 0 Å². The minimum absolute atomic E-state index is 0.0361. The SMILES string of the molecule is CCCCOC(=O)CCCC(=O)OC(CCC)CCC. The van der Waals surface area contributed by atoms with E-state index in [-0.39, 0.29) is 18.0 Å². The highest BCUT2D eigenvalue weighted by atomic mass is 16.5. The van der Waals surface area contributed by atoms with Crippen LogP contribution in [0.25, 0.3) is 0 Å². The van der Waals surface area contributed by atoms with Crippen molar-refractivity contribution in [2.45, 2.75) is 84.7 Å². The molecule has 0 aromatic carbocycles. The summed E-state index contributed by atoms with van der Waals surface area (Å²) < 4.78 is 10.5. The van der Waals surface area contributed by atoms with E-state index >= 15 is 0 Å². The molecule has 0 aliphatic carbocycles. The van der Waals surface area contributed by atoms with Crippen LogP contribution in [0.15, 0.2) is 0 Å². The number of unbranched alkanes of at least 4 members (excludes halogenated alkanes) is 1. The fourth-order valence-electron chi connectivity index (χ4n) is 1.93. The molecule has 0 unspecified atom stereocenters. The summed E-state index contributed by atoms with van der Waals surface area (Å²) in [6, 6.07) is 0. The van der Waals surface area contributed by atoms with Crippen molar-refractivity contribution < 1.29 is 19.1 Å². The molecule has 0 atom stereocenters. The van der Waals surface area contributed by atoms with Crippen molar-refractivity contribution in [2.24, 2.45) is 0 Å². The lowest BCUT2D eigenvalue weighted by Crippen LogP contribution is -2.18. The molecule has 0 saturated carbocycles. The summed E-state index contributed by atoms with van der Waals surface area (Å²) in [5.74, 6) is -0.414. The van der Waals surface area contributed by atoms with Gasteiger partial charge in [0.15, 0.2) is 0 Å². The first-order chi connectivity index (χ1) is 9.63. The average molecular weight is 286 g/mol. The van der Waals surface area contributed by atoms with Crippen molar-refractivity contribution in [2.75, 3.05) is 6.61 Å². The molecule has 0 aromatic rings. The van der Waals surface area contributed by atoms with E-state index in [4.69, 9.17) is 9.47 Å². The first kappa shape index (κ1) is 18.9. The van der Waals surface area contributed by atoms with Gasteiger partial charge in [-0.3, -0.25) is 9.59 Å². The van der Waals surface area contributed by atoms with E-state index in [0.717, 1.165) is 38.5 Å². The Morgan fingerprint density at radius 3 is 2.00 bits per heavy atom. The third-order valence-corrected chi connectivity index (χ3v) is 3.04. The van der Waals surface area contributed by atoms with Gasteiger partial charge in [0.05, 0.1) is 6.61 Å².